The summed E-state index contributed by atoms with van der Waals surface area (Å²) in [6.45, 7) is 4.23. The second kappa shape index (κ2) is 18.4. The lowest BCUT2D eigenvalue weighted by molar-refractivity contribution is -0.135. The quantitative estimate of drug-likeness (QED) is 0.278. The minimum Gasteiger partial charge on any atom is -0.353 e. The molecule has 31 heavy (non-hydrogen) atoms. The number of hydrogen-bond donors (Lipinski definition) is 3. The number of hydrogen-bond acceptors (Lipinski definition) is 4. The van der Waals surface area contributed by atoms with Crippen molar-refractivity contribution in [3.05, 3.63) is 0 Å². The Bertz CT molecular complexity index is 472. The molecular weight excluding hydrogens is 388 g/mol. The zero-order chi connectivity index (χ0) is 22.7. The van der Waals surface area contributed by atoms with Gasteiger partial charge in [0.25, 0.3) is 0 Å². The van der Waals surface area contributed by atoms with Crippen molar-refractivity contribution < 1.29 is 9.59 Å². The van der Waals surface area contributed by atoms with Gasteiger partial charge in [0.05, 0.1) is 6.04 Å². The maximum atomic E-state index is 12.8. The highest BCUT2D eigenvalue weighted by atomic mass is 16.2. The number of nitrogens with two attached hydrogens (primary N) is 2. The number of carbonyl (C=O) groups is 2. The lowest BCUT2D eigenvalue weighted by Crippen LogP contribution is -2.51. The van der Waals surface area contributed by atoms with Gasteiger partial charge in [-0.1, -0.05) is 71.1 Å². The summed E-state index contributed by atoms with van der Waals surface area (Å²) in [5, 5.41) is 2.98. The van der Waals surface area contributed by atoms with E-state index in [1.165, 1.54) is 51.4 Å². The van der Waals surface area contributed by atoms with Crippen molar-refractivity contribution >= 4 is 11.8 Å². The van der Waals surface area contributed by atoms with E-state index in [9.17, 15) is 9.59 Å². The maximum Gasteiger partial charge on any atom is 0.236 e. The first-order valence-electron chi connectivity index (χ1n) is 13.1. The van der Waals surface area contributed by atoms with Crippen LogP contribution < -0.4 is 16.8 Å². The van der Waals surface area contributed by atoms with Crippen LogP contribution in [0.2, 0.25) is 0 Å². The molecule has 1 aliphatic rings. The molecule has 5 N–H and O–H groups in total. The number of rotatable bonds is 18. The van der Waals surface area contributed by atoms with Gasteiger partial charge in [-0.05, 0) is 45.1 Å². The topological polar surface area (TPSA) is 101 Å². The summed E-state index contributed by atoms with van der Waals surface area (Å²) in [6.07, 6.45) is 19.0. The van der Waals surface area contributed by atoms with Crippen molar-refractivity contribution in [3.63, 3.8) is 0 Å². The third-order valence-electron chi connectivity index (χ3n) is 6.51. The van der Waals surface area contributed by atoms with E-state index in [-0.39, 0.29) is 17.9 Å². The maximum absolute atomic E-state index is 12.8. The molecule has 0 radical (unpaired) electrons. The molecule has 1 rings (SSSR count). The highest BCUT2D eigenvalue weighted by Crippen LogP contribution is 2.19. The van der Waals surface area contributed by atoms with Gasteiger partial charge in [0, 0.05) is 25.6 Å². The molecule has 0 bridgehead atoms. The molecule has 0 aromatic rings. The Morgan fingerprint density at radius 3 is 2.23 bits per heavy atom. The minimum absolute atomic E-state index is 0.107. The number of piperidine rings is 1. The van der Waals surface area contributed by atoms with Crippen LogP contribution in [0.5, 0.6) is 0 Å². The van der Waals surface area contributed by atoms with Gasteiger partial charge in [0.1, 0.15) is 0 Å². The van der Waals surface area contributed by atoms with Crippen LogP contribution in [-0.4, -0.2) is 48.4 Å². The second-order valence-electron chi connectivity index (χ2n) is 9.30. The highest BCUT2D eigenvalue weighted by Gasteiger charge is 2.27. The number of amides is 2. The van der Waals surface area contributed by atoms with Crippen LogP contribution >= 0.6 is 0 Å². The molecule has 2 atom stereocenters. The number of likely N-dealkylation sites (tertiary alicyclic amines) is 1. The highest BCUT2D eigenvalue weighted by molar-refractivity contribution is 5.81. The molecule has 6 heteroatoms. The summed E-state index contributed by atoms with van der Waals surface area (Å²) in [5.41, 5.74) is 11.5. The third kappa shape index (κ3) is 13.1. The molecule has 1 aliphatic heterocycles. The second-order valence-corrected chi connectivity index (χ2v) is 9.30. The molecule has 6 nitrogen and oxygen atoms in total. The fourth-order valence-corrected chi connectivity index (χ4v) is 4.44. The summed E-state index contributed by atoms with van der Waals surface area (Å²) >= 11 is 0. The van der Waals surface area contributed by atoms with E-state index in [1.54, 1.807) is 0 Å². The van der Waals surface area contributed by atoms with Crippen LogP contribution in [0, 0.1) is 0 Å². The zero-order valence-corrected chi connectivity index (χ0v) is 20.2. The van der Waals surface area contributed by atoms with E-state index in [2.05, 4.69) is 12.2 Å². The molecule has 1 saturated heterocycles. The number of unbranched alkanes of at least 4 members (excludes halogenated alkanes) is 10. The van der Waals surface area contributed by atoms with Crippen molar-refractivity contribution in [1.82, 2.24) is 10.2 Å². The smallest absolute Gasteiger partial charge is 0.236 e. The van der Waals surface area contributed by atoms with Crippen molar-refractivity contribution in [2.75, 3.05) is 19.6 Å². The van der Waals surface area contributed by atoms with Crippen LogP contribution in [0.15, 0.2) is 0 Å². The molecule has 0 saturated carbocycles. The molecular formula is C25H50N4O2. The Morgan fingerprint density at radius 2 is 1.58 bits per heavy atom. The molecule has 1 heterocycles. The average molecular weight is 439 g/mol. The van der Waals surface area contributed by atoms with Gasteiger partial charge < -0.3 is 21.7 Å². The molecule has 0 aromatic carbocycles. The van der Waals surface area contributed by atoms with Gasteiger partial charge in [-0.15, -0.1) is 0 Å². The molecule has 0 aliphatic carbocycles. The Labute approximate surface area is 191 Å². The van der Waals surface area contributed by atoms with Crippen LogP contribution in [0.4, 0.5) is 0 Å². The molecule has 0 spiro atoms. The van der Waals surface area contributed by atoms with E-state index in [1.807, 2.05) is 4.90 Å². The molecule has 2 amide bonds. The Balaban J connectivity index is 2.20. The molecule has 0 aromatic heterocycles. The number of carbonyl (C=O) groups excluding carboxylic acids is 2. The van der Waals surface area contributed by atoms with Crippen LogP contribution in [0.25, 0.3) is 0 Å². The lowest BCUT2D eigenvalue weighted by atomic mass is 10.0. The van der Waals surface area contributed by atoms with Gasteiger partial charge in [0.2, 0.25) is 11.8 Å². The minimum atomic E-state index is -0.481. The van der Waals surface area contributed by atoms with E-state index < -0.39 is 6.04 Å². The van der Waals surface area contributed by atoms with Gasteiger partial charge >= 0.3 is 0 Å². The summed E-state index contributed by atoms with van der Waals surface area (Å²) in [5.74, 6) is 0.149. The normalized spacial score (nSPS) is 17.5. The fourth-order valence-electron chi connectivity index (χ4n) is 4.44. The van der Waals surface area contributed by atoms with Gasteiger partial charge in [-0.2, -0.15) is 0 Å². The monoisotopic (exact) mass is 438 g/mol. The van der Waals surface area contributed by atoms with E-state index in [0.29, 0.717) is 25.9 Å². The number of nitrogens with one attached hydrogen (secondary N) is 1. The first-order valence-corrected chi connectivity index (χ1v) is 13.1. The van der Waals surface area contributed by atoms with Crippen LogP contribution in [-0.2, 0) is 9.59 Å². The van der Waals surface area contributed by atoms with E-state index in [0.717, 1.165) is 51.5 Å². The molecule has 0 unspecified atom stereocenters. The zero-order valence-electron chi connectivity index (χ0n) is 20.2. The summed E-state index contributed by atoms with van der Waals surface area (Å²) in [4.78, 5) is 27.0. The van der Waals surface area contributed by atoms with Gasteiger partial charge in [-0.3, -0.25) is 9.59 Å². The van der Waals surface area contributed by atoms with E-state index >= 15 is 0 Å². The predicted molar refractivity (Wildman–Crippen MR) is 130 cm³/mol. The van der Waals surface area contributed by atoms with Crippen molar-refractivity contribution in [3.8, 4) is 0 Å². The van der Waals surface area contributed by atoms with Crippen LogP contribution in [0.1, 0.15) is 116 Å². The largest absolute Gasteiger partial charge is 0.353 e. The SMILES string of the molecule is CCCCCCCCCCCCC(=O)N1CCCC[C@H]1CNC(=O)[C@H](N)CCCCN. The first kappa shape index (κ1) is 27.9. The molecule has 182 valence electrons. The van der Waals surface area contributed by atoms with Crippen molar-refractivity contribution in [2.45, 2.75) is 128 Å². The third-order valence-corrected chi connectivity index (χ3v) is 6.51. The lowest BCUT2D eigenvalue weighted by Gasteiger charge is -2.36. The average Bonchev–Trinajstić information content (AvgIpc) is 2.78. The summed E-state index contributed by atoms with van der Waals surface area (Å²) in [6, 6.07) is -0.365. The van der Waals surface area contributed by atoms with Gasteiger partial charge in [-0.25, -0.2) is 0 Å². The summed E-state index contributed by atoms with van der Waals surface area (Å²) < 4.78 is 0. The Kier molecular flexibility index (Phi) is 16.6. The Morgan fingerprint density at radius 1 is 0.935 bits per heavy atom. The number of nitrogens with zero attached hydrogens (tertiary/aromatic N) is 1. The fraction of sp³-hybridized carbons (Fsp3) is 0.920. The van der Waals surface area contributed by atoms with Crippen molar-refractivity contribution in [1.29, 1.82) is 0 Å². The Hall–Kier alpha value is -1.14. The van der Waals surface area contributed by atoms with Gasteiger partial charge in [0.15, 0.2) is 0 Å². The predicted octanol–water partition coefficient (Wildman–Crippen LogP) is 4.25. The first-order chi connectivity index (χ1) is 15.1. The summed E-state index contributed by atoms with van der Waals surface area (Å²) in [7, 11) is 0. The molecule has 1 fully saturated rings. The van der Waals surface area contributed by atoms with E-state index in [4.69, 9.17) is 11.5 Å². The van der Waals surface area contributed by atoms with Crippen molar-refractivity contribution in [2.24, 2.45) is 11.5 Å². The standard InChI is InChI=1S/C25H50N4O2/c1-2-3-4-5-6-7-8-9-10-11-18-24(30)29-20-15-13-16-22(29)21-28-25(31)23(27)17-12-14-19-26/h22-23H,2-21,26-27H2,1H3,(H,28,31)/t22-,23+/m0/s1. The van der Waals surface area contributed by atoms with Crippen LogP contribution in [0.3, 0.4) is 0 Å².